The van der Waals surface area contributed by atoms with E-state index in [9.17, 15) is 8.78 Å². The Kier molecular flexibility index (Phi) is 5.14. The van der Waals surface area contributed by atoms with Crippen molar-refractivity contribution < 1.29 is 8.78 Å². The molecule has 0 saturated heterocycles. The van der Waals surface area contributed by atoms with Crippen LogP contribution in [0.1, 0.15) is 51.5 Å². The normalized spacial score (nSPS) is 17.9. The zero-order valence-electron chi connectivity index (χ0n) is 12.5. The first kappa shape index (κ1) is 15.4. The molecule has 0 atom stereocenters. The van der Waals surface area contributed by atoms with E-state index in [1.165, 1.54) is 32.1 Å². The molecule has 0 heterocycles. The Bertz CT molecular complexity index is 437. The van der Waals surface area contributed by atoms with Crippen molar-refractivity contribution in [3.8, 4) is 0 Å². The van der Waals surface area contributed by atoms with Gasteiger partial charge in [0.25, 0.3) is 0 Å². The monoisotopic (exact) mass is 281 g/mol. The van der Waals surface area contributed by atoms with E-state index in [0.29, 0.717) is 23.4 Å². The largest absolute Gasteiger partial charge is 0.312 e. The van der Waals surface area contributed by atoms with Crippen molar-refractivity contribution in [2.75, 3.05) is 6.54 Å². The van der Waals surface area contributed by atoms with Gasteiger partial charge >= 0.3 is 0 Å². The second-order valence-electron chi connectivity index (χ2n) is 6.62. The van der Waals surface area contributed by atoms with Crippen LogP contribution < -0.4 is 5.32 Å². The van der Waals surface area contributed by atoms with Crippen molar-refractivity contribution in [3.05, 3.63) is 35.4 Å². The minimum absolute atomic E-state index is 0.359. The zero-order valence-corrected chi connectivity index (χ0v) is 12.5. The van der Waals surface area contributed by atoms with Crippen LogP contribution in [0, 0.1) is 23.0 Å². The third kappa shape index (κ3) is 3.78. The Morgan fingerprint density at radius 3 is 2.55 bits per heavy atom. The van der Waals surface area contributed by atoms with Crippen LogP contribution in [0.5, 0.6) is 0 Å². The molecular formula is C17H25F2N. The van der Waals surface area contributed by atoms with Crippen LogP contribution in [0.4, 0.5) is 8.78 Å². The predicted molar refractivity (Wildman–Crippen MR) is 78.4 cm³/mol. The van der Waals surface area contributed by atoms with Gasteiger partial charge in [-0.2, -0.15) is 0 Å². The molecule has 0 aromatic heterocycles. The van der Waals surface area contributed by atoms with Gasteiger partial charge in [0.15, 0.2) is 11.6 Å². The van der Waals surface area contributed by atoms with Gasteiger partial charge in [0.05, 0.1) is 0 Å². The molecule has 1 aromatic rings. The van der Waals surface area contributed by atoms with Crippen molar-refractivity contribution in [3.63, 3.8) is 0 Å². The molecule has 0 bridgehead atoms. The summed E-state index contributed by atoms with van der Waals surface area (Å²) in [6.07, 6.45) is 6.31. The van der Waals surface area contributed by atoms with Crippen molar-refractivity contribution in [1.29, 1.82) is 0 Å². The van der Waals surface area contributed by atoms with Gasteiger partial charge in [0, 0.05) is 18.7 Å². The van der Waals surface area contributed by atoms with Crippen LogP contribution in [0.2, 0.25) is 0 Å². The van der Waals surface area contributed by atoms with Crippen LogP contribution in [-0.4, -0.2) is 6.54 Å². The van der Waals surface area contributed by atoms with Crippen LogP contribution in [0.15, 0.2) is 18.2 Å². The van der Waals surface area contributed by atoms with E-state index in [-0.39, 0.29) is 0 Å². The third-order valence-corrected chi connectivity index (χ3v) is 4.35. The fraction of sp³-hybridized carbons (Fsp3) is 0.647. The smallest absolute Gasteiger partial charge is 0.163 e. The summed E-state index contributed by atoms with van der Waals surface area (Å²) in [6.45, 7) is 5.82. The molecule has 1 aliphatic rings. The summed E-state index contributed by atoms with van der Waals surface area (Å²) in [6, 6.07) is 4.38. The van der Waals surface area contributed by atoms with E-state index in [1.54, 1.807) is 12.1 Å². The Labute approximate surface area is 120 Å². The first-order valence-corrected chi connectivity index (χ1v) is 7.66. The van der Waals surface area contributed by atoms with Crippen molar-refractivity contribution in [2.24, 2.45) is 11.3 Å². The molecule has 1 aliphatic carbocycles. The Morgan fingerprint density at radius 2 is 1.90 bits per heavy atom. The summed E-state index contributed by atoms with van der Waals surface area (Å²) in [5.74, 6) is -0.799. The first-order chi connectivity index (χ1) is 9.52. The zero-order chi connectivity index (χ0) is 14.6. The lowest BCUT2D eigenvalue weighted by Crippen LogP contribution is -2.33. The van der Waals surface area contributed by atoms with Gasteiger partial charge in [-0.15, -0.1) is 0 Å². The summed E-state index contributed by atoms with van der Waals surface area (Å²) in [4.78, 5) is 0. The fourth-order valence-electron chi connectivity index (χ4n) is 3.59. The summed E-state index contributed by atoms with van der Waals surface area (Å²) in [5, 5.41) is 3.35. The first-order valence-electron chi connectivity index (χ1n) is 7.66. The lowest BCUT2D eigenvalue weighted by molar-refractivity contribution is 0.223. The second kappa shape index (κ2) is 6.66. The molecule has 0 radical (unpaired) electrons. The maximum atomic E-state index is 13.6. The number of rotatable bonds is 6. The molecule has 1 N–H and O–H groups in total. The topological polar surface area (TPSA) is 12.0 Å². The predicted octanol–water partition coefficient (Wildman–Crippen LogP) is 4.66. The summed E-state index contributed by atoms with van der Waals surface area (Å²) < 4.78 is 26.7. The van der Waals surface area contributed by atoms with Gasteiger partial charge in [-0.1, -0.05) is 38.8 Å². The van der Waals surface area contributed by atoms with Gasteiger partial charge in [0.2, 0.25) is 0 Å². The number of hydrogen-bond donors (Lipinski definition) is 1. The number of benzene rings is 1. The molecule has 1 aromatic carbocycles. The van der Waals surface area contributed by atoms with Gasteiger partial charge in [0.1, 0.15) is 0 Å². The average molecular weight is 281 g/mol. The van der Waals surface area contributed by atoms with Gasteiger partial charge in [-0.3, -0.25) is 0 Å². The van der Waals surface area contributed by atoms with E-state index in [1.807, 2.05) is 0 Å². The molecule has 112 valence electrons. The summed E-state index contributed by atoms with van der Waals surface area (Å²) >= 11 is 0. The fourth-order valence-corrected chi connectivity index (χ4v) is 3.59. The van der Waals surface area contributed by atoms with E-state index in [2.05, 4.69) is 19.2 Å². The highest BCUT2D eigenvalue weighted by molar-refractivity contribution is 5.18. The van der Waals surface area contributed by atoms with Crippen molar-refractivity contribution >= 4 is 0 Å². The van der Waals surface area contributed by atoms with E-state index < -0.39 is 11.6 Å². The van der Waals surface area contributed by atoms with Gasteiger partial charge < -0.3 is 5.32 Å². The Balaban J connectivity index is 1.92. The van der Waals surface area contributed by atoms with Crippen LogP contribution in [0.25, 0.3) is 0 Å². The SMILES string of the molecule is CC(C)CC1(CNCc2cccc(F)c2F)CCCC1. The third-order valence-electron chi connectivity index (χ3n) is 4.35. The van der Waals surface area contributed by atoms with Crippen LogP contribution in [-0.2, 0) is 6.54 Å². The van der Waals surface area contributed by atoms with E-state index >= 15 is 0 Å². The van der Waals surface area contributed by atoms with Crippen LogP contribution in [0.3, 0.4) is 0 Å². The molecule has 0 aliphatic heterocycles. The molecular weight excluding hydrogens is 256 g/mol. The minimum Gasteiger partial charge on any atom is -0.312 e. The summed E-state index contributed by atoms with van der Waals surface area (Å²) in [5.41, 5.74) is 0.778. The maximum absolute atomic E-state index is 13.6. The highest BCUT2D eigenvalue weighted by Crippen LogP contribution is 2.42. The lowest BCUT2D eigenvalue weighted by Gasteiger charge is -2.31. The standard InChI is InChI=1S/C17H25F2N/c1-13(2)10-17(8-3-4-9-17)12-20-11-14-6-5-7-15(18)16(14)19/h5-7,13,20H,3-4,8-12H2,1-2H3. The van der Waals surface area contributed by atoms with Crippen LogP contribution >= 0.6 is 0 Å². The highest BCUT2D eigenvalue weighted by atomic mass is 19.2. The molecule has 0 amide bonds. The van der Waals surface area contributed by atoms with Gasteiger partial charge in [-0.05, 0) is 36.7 Å². The Hall–Kier alpha value is -0.960. The molecule has 1 nitrogen and oxygen atoms in total. The molecule has 0 spiro atoms. The Morgan fingerprint density at radius 1 is 1.20 bits per heavy atom. The van der Waals surface area contributed by atoms with E-state index in [4.69, 9.17) is 0 Å². The van der Waals surface area contributed by atoms with Crippen molar-refractivity contribution in [2.45, 2.75) is 52.5 Å². The lowest BCUT2D eigenvalue weighted by atomic mass is 9.78. The number of hydrogen-bond acceptors (Lipinski definition) is 1. The maximum Gasteiger partial charge on any atom is 0.163 e. The number of halogens is 2. The van der Waals surface area contributed by atoms with Crippen molar-refractivity contribution in [1.82, 2.24) is 5.32 Å². The molecule has 1 fully saturated rings. The van der Waals surface area contributed by atoms with E-state index in [0.717, 1.165) is 12.6 Å². The minimum atomic E-state index is -0.762. The molecule has 1 saturated carbocycles. The molecule has 20 heavy (non-hydrogen) atoms. The van der Waals surface area contributed by atoms with Gasteiger partial charge in [-0.25, -0.2) is 8.78 Å². The quantitative estimate of drug-likeness (QED) is 0.799. The average Bonchev–Trinajstić information content (AvgIpc) is 2.82. The molecule has 0 unspecified atom stereocenters. The molecule has 3 heteroatoms. The summed E-state index contributed by atoms with van der Waals surface area (Å²) in [7, 11) is 0. The number of nitrogens with one attached hydrogen (secondary N) is 1. The second-order valence-corrected chi connectivity index (χ2v) is 6.62. The highest BCUT2D eigenvalue weighted by Gasteiger charge is 2.33. The molecule has 2 rings (SSSR count).